The number of halogens is 3. The van der Waals surface area contributed by atoms with Crippen LogP contribution in [0.25, 0.3) is 17.0 Å². The average Bonchev–Trinajstić information content (AvgIpc) is 3.52. The van der Waals surface area contributed by atoms with Gasteiger partial charge in [-0.25, -0.2) is 14.8 Å². The fourth-order valence-electron chi connectivity index (χ4n) is 5.31. The van der Waals surface area contributed by atoms with Crippen LogP contribution in [0.1, 0.15) is 35.2 Å². The number of rotatable bonds is 8. The molecule has 2 aromatic carbocycles. The lowest BCUT2D eigenvalue weighted by molar-refractivity contribution is -0.303. The van der Waals surface area contributed by atoms with Crippen LogP contribution in [0.3, 0.4) is 0 Å². The summed E-state index contributed by atoms with van der Waals surface area (Å²) in [7, 11) is 3.28. The third kappa shape index (κ3) is 6.33. The molecule has 0 unspecified atom stereocenters. The van der Waals surface area contributed by atoms with Crippen molar-refractivity contribution < 1.29 is 27.4 Å². The van der Waals surface area contributed by atoms with Gasteiger partial charge >= 0.3 is 12.4 Å². The maximum atomic E-state index is 13.6. The molecule has 0 bridgehead atoms. The predicted molar refractivity (Wildman–Crippen MR) is 164 cm³/mol. The molecule has 2 N–H and O–H groups in total. The summed E-state index contributed by atoms with van der Waals surface area (Å²) in [5, 5.41) is 3.21. The Hall–Kier alpha value is -5.33. The first-order valence-electron chi connectivity index (χ1n) is 14.2. The number of methoxy groups -OCH3 is 1. The smallest absolute Gasteiger partial charge is 0.497 e. The van der Waals surface area contributed by atoms with Crippen molar-refractivity contribution in [3.63, 3.8) is 0 Å². The summed E-state index contributed by atoms with van der Waals surface area (Å²) in [5.74, 6) is 1.88. The molecule has 0 saturated carbocycles. The molecule has 2 amide bonds. The number of hydrogen-bond donors (Lipinski definition) is 2. The van der Waals surface area contributed by atoms with Crippen molar-refractivity contribution in [2.24, 2.45) is 0 Å². The van der Waals surface area contributed by atoms with E-state index in [0.717, 1.165) is 22.4 Å². The topological polar surface area (TPSA) is 108 Å². The summed E-state index contributed by atoms with van der Waals surface area (Å²) in [6.07, 6.45) is 2.33. The molecule has 45 heavy (non-hydrogen) atoms. The van der Waals surface area contributed by atoms with Gasteiger partial charge in [0.2, 0.25) is 5.95 Å². The second-order valence-electron chi connectivity index (χ2n) is 10.7. The molecule has 1 aliphatic carbocycles. The van der Waals surface area contributed by atoms with Crippen molar-refractivity contribution in [2.75, 3.05) is 29.3 Å². The van der Waals surface area contributed by atoms with Gasteiger partial charge in [-0.15, -0.1) is 13.2 Å². The van der Waals surface area contributed by atoms with E-state index in [1.807, 2.05) is 49.4 Å². The predicted octanol–water partition coefficient (Wildman–Crippen LogP) is 6.97. The van der Waals surface area contributed by atoms with Crippen LogP contribution in [0.5, 0.6) is 5.75 Å². The summed E-state index contributed by atoms with van der Waals surface area (Å²) in [5.41, 5.74) is 4.81. The minimum Gasteiger partial charge on any atom is -0.497 e. The van der Waals surface area contributed by atoms with E-state index in [2.05, 4.69) is 30.0 Å². The highest BCUT2D eigenvalue weighted by Crippen LogP contribution is 2.36. The Morgan fingerprint density at radius 2 is 1.89 bits per heavy atom. The first-order valence-corrected chi connectivity index (χ1v) is 14.2. The van der Waals surface area contributed by atoms with Crippen molar-refractivity contribution in [1.29, 1.82) is 0 Å². The Kier molecular flexibility index (Phi) is 7.92. The van der Waals surface area contributed by atoms with E-state index in [1.165, 1.54) is 17.2 Å². The minimum atomic E-state index is -4.80. The fourth-order valence-corrected chi connectivity index (χ4v) is 5.31. The Morgan fingerprint density at radius 1 is 1.09 bits per heavy atom. The molecule has 0 saturated heterocycles. The number of carbonyl (C=O) groups excluding carboxylic acids is 1. The van der Waals surface area contributed by atoms with Crippen molar-refractivity contribution in [1.82, 2.24) is 19.9 Å². The summed E-state index contributed by atoms with van der Waals surface area (Å²) in [6, 6.07) is 12.9. The molecule has 4 aromatic rings. The highest BCUT2D eigenvalue weighted by Gasteiger charge is 2.34. The summed E-state index contributed by atoms with van der Waals surface area (Å²) in [6.45, 7) is 2.65. The third-order valence-electron chi connectivity index (χ3n) is 7.64. The van der Waals surface area contributed by atoms with Crippen molar-refractivity contribution in [3.8, 4) is 17.1 Å². The van der Waals surface area contributed by atoms with Gasteiger partial charge in [0, 0.05) is 42.2 Å². The van der Waals surface area contributed by atoms with Crippen LogP contribution in [0.2, 0.25) is 0 Å². The number of benzene rings is 2. The van der Waals surface area contributed by atoms with Gasteiger partial charge in [-0.1, -0.05) is 30.3 Å². The lowest BCUT2D eigenvalue weighted by Gasteiger charge is -2.35. The van der Waals surface area contributed by atoms with Crippen molar-refractivity contribution in [3.05, 3.63) is 95.2 Å². The van der Waals surface area contributed by atoms with Gasteiger partial charge in [-0.2, -0.15) is 4.98 Å². The Bertz CT molecular complexity index is 1800. The number of amides is 2. The molecule has 3 heterocycles. The number of nitrogens with zero attached hydrogens (tertiary/aromatic N) is 5. The molecule has 0 radical (unpaired) electrons. The van der Waals surface area contributed by atoms with Crippen LogP contribution < -0.4 is 19.9 Å². The zero-order chi connectivity index (χ0) is 31.7. The van der Waals surface area contributed by atoms with Crippen molar-refractivity contribution >= 4 is 29.1 Å². The number of alkyl halides is 3. The quantitative estimate of drug-likeness (QED) is 0.220. The van der Waals surface area contributed by atoms with Crippen LogP contribution in [0.15, 0.2) is 72.8 Å². The highest BCUT2D eigenvalue weighted by atomic mass is 19.4. The van der Waals surface area contributed by atoms with E-state index in [1.54, 1.807) is 31.3 Å². The average molecular weight is 618 g/mol. The zero-order valence-electron chi connectivity index (χ0n) is 24.8. The second-order valence-corrected chi connectivity index (χ2v) is 10.7. The van der Waals surface area contributed by atoms with E-state index in [4.69, 9.17) is 4.74 Å². The number of aromatic nitrogens is 4. The third-order valence-corrected chi connectivity index (χ3v) is 7.64. The van der Waals surface area contributed by atoms with Gasteiger partial charge in [0.25, 0.3) is 0 Å². The number of hydrogen-bond acceptors (Lipinski definition) is 7. The molecule has 1 aliphatic heterocycles. The number of aryl methyl sites for hydroxylation is 1. The molecule has 0 atom stereocenters. The number of anilines is 3. The molecule has 0 fully saturated rings. The first kappa shape index (κ1) is 29.7. The molecule has 10 nitrogen and oxygen atoms in total. The van der Waals surface area contributed by atoms with Crippen LogP contribution in [-0.4, -0.2) is 46.5 Å². The van der Waals surface area contributed by atoms with Crippen LogP contribution in [0.4, 0.5) is 35.4 Å². The van der Waals surface area contributed by atoms with E-state index in [9.17, 15) is 18.0 Å². The number of H-pyrrole nitrogens is 1. The molecule has 0 spiro atoms. The van der Waals surface area contributed by atoms with Gasteiger partial charge in [0.05, 0.1) is 25.5 Å². The monoisotopic (exact) mass is 617 g/mol. The van der Waals surface area contributed by atoms with Crippen LogP contribution in [0, 0.1) is 6.92 Å². The van der Waals surface area contributed by atoms with E-state index in [-0.39, 0.29) is 18.3 Å². The number of imidazole rings is 1. The number of carbonyl (C=O) groups is 1. The molecular formula is C32H30F3N7O3. The molecule has 2 aromatic heterocycles. The standard InChI is InChI=1S/C32H30F3N7O3/c1-19-8-11-21(28-36-17-25(39-28)24-6-4-5-7-27(24)45-32(33,34)35)14-26(19)42-18-22-16-38-30(40-29(22)41(2)31(42)43)37-15-20-9-12-23(44-3)13-10-20/h5,7-14,16-17H,4,6,15,18H2,1-3H3,(H,36,39)(H,37,38,40). The number of aromatic amines is 1. The lowest BCUT2D eigenvalue weighted by atomic mass is 10.0. The van der Waals surface area contributed by atoms with Gasteiger partial charge in [-0.3, -0.25) is 9.80 Å². The Morgan fingerprint density at radius 3 is 2.64 bits per heavy atom. The fraction of sp³-hybridized carbons (Fsp3) is 0.250. The number of nitrogens with one attached hydrogen (secondary N) is 2. The largest absolute Gasteiger partial charge is 0.573 e. The van der Waals surface area contributed by atoms with Crippen molar-refractivity contribution in [2.45, 2.75) is 39.2 Å². The summed E-state index contributed by atoms with van der Waals surface area (Å²) in [4.78, 5) is 33.4. The maximum absolute atomic E-state index is 13.6. The number of fused-ring (bicyclic) bond motifs is 1. The molecule has 232 valence electrons. The molecule has 13 heteroatoms. The van der Waals surface area contributed by atoms with Gasteiger partial charge in [-0.05, 0) is 55.2 Å². The highest BCUT2D eigenvalue weighted by molar-refractivity contribution is 6.05. The van der Waals surface area contributed by atoms with Crippen LogP contribution >= 0.6 is 0 Å². The van der Waals surface area contributed by atoms with Gasteiger partial charge in [0.1, 0.15) is 23.2 Å². The summed E-state index contributed by atoms with van der Waals surface area (Å²) < 4.78 is 48.4. The van der Waals surface area contributed by atoms with E-state index in [0.29, 0.717) is 59.5 Å². The normalized spacial score (nSPS) is 14.9. The zero-order valence-corrected chi connectivity index (χ0v) is 24.8. The van der Waals surface area contributed by atoms with E-state index >= 15 is 0 Å². The summed E-state index contributed by atoms with van der Waals surface area (Å²) >= 11 is 0. The van der Waals surface area contributed by atoms with Gasteiger partial charge < -0.3 is 19.8 Å². The molecule has 6 rings (SSSR count). The Labute approximate surface area is 257 Å². The number of ether oxygens (including phenoxy) is 2. The molecular weight excluding hydrogens is 587 g/mol. The van der Waals surface area contributed by atoms with Crippen LogP contribution in [-0.2, 0) is 17.8 Å². The lowest BCUT2D eigenvalue weighted by Crippen LogP contribution is -2.46. The minimum absolute atomic E-state index is 0.252. The second kappa shape index (κ2) is 12.0. The first-order chi connectivity index (χ1) is 21.6. The van der Waals surface area contributed by atoms with Gasteiger partial charge in [0.15, 0.2) is 0 Å². The SMILES string of the molecule is COc1ccc(CNc2ncc3c(n2)N(C)C(=O)N(c2cc(-c4ncc(C5=C(OC(F)(F)F)C=CCC5)[nH]4)ccc2C)C3)cc1. The maximum Gasteiger partial charge on any atom is 0.573 e. The Balaban J connectivity index is 1.23. The number of allylic oxidation sites excluding steroid dienone is 3. The van der Waals surface area contributed by atoms with E-state index < -0.39 is 6.36 Å². The molecule has 2 aliphatic rings. The number of urea groups is 1.